The fraction of sp³-hybridized carbons (Fsp3) is 0.375. The molecule has 9 nitrogen and oxygen atoms in total. The Hall–Kier alpha value is -5.05. The molecule has 0 spiro atoms. The van der Waals surface area contributed by atoms with E-state index < -0.39 is 5.60 Å². The molecule has 256 valence electrons. The lowest BCUT2D eigenvalue weighted by Gasteiger charge is -2.47. The van der Waals surface area contributed by atoms with Gasteiger partial charge in [-0.25, -0.2) is 4.79 Å². The highest BCUT2D eigenvalue weighted by Crippen LogP contribution is 2.39. The van der Waals surface area contributed by atoms with Crippen LogP contribution in [0.1, 0.15) is 52.7 Å². The molecule has 6 rings (SSSR count). The van der Waals surface area contributed by atoms with Crippen molar-refractivity contribution in [3.63, 3.8) is 0 Å². The number of piperazine rings is 1. The summed E-state index contributed by atoms with van der Waals surface area (Å²) in [5, 5.41) is 6.04. The number of aromatic nitrogens is 3. The van der Waals surface area contributed by atoms with Gasteiger partial charge in [0.1, 0.15) is 24.5 Å². The maximum atomic E-state index is 13.3. The zero-order valence-electron chi connectivity index (χ0n) is 29.6. The minimum absolute atomic E-state index is 0.0512. The number of anilines is 1. The van der Waals surface area contributed by atoms with E-state index >= 15 is 0 Å². The Morgan fingerprint density at radius 2 is 1.45 bits per heavy atom. The van der Waals surface area contributed by atoms with Crippen molar-refractivity contribution in [1.82, 2.24) is 19.7 Å². The largest absolute Gasteiger partial charge is 0.473 e. The van der Waals surface area contributed by atoms with Crippen LogP contribution in [0.4, 0.5) is 10.5 Å². The Labute approximate surface area is 289 Å². The van der Waals surface area contributed by atoms with E-state index in [2.05, 4.69) is 43.9 Å². The smallest absolute Gasteiger partial charge is 0.410 e. The van der Waals surface area contributed by atoms with Crippen LogP contribution in [-0.4, -0.2) is 57.0 Å². The first-order valence-corrected chi connectivity index (χ1v) is 16.9. The molecular formula is C40H47N5O4. The number of aryl methyl sites for hydroxylation is 1. The Morgan fingerprint density at radius 3 is 2.08 bits per heavy atom. The second-order valence-electron chi connectivity index (χ2n) is 14.7. The molecule has 2 aromatic heterocycles. The zero-order chi connectivity index (χ0) is 34.8. The second kappa shape index (κ2) is 13.8. The number of carbonyl (C=O) groups excluding carboxylic acids is 1. The summed E-state index contributed by atoms with van der Waals surface area (Å²) in [5.41, 5.74) is 5.02. The van der Waals surface area contributed by atoms with Crippen molar-refractivity contribution in [3.05, 3.63) is 102 Å². The number of amides is 1. The molecule has 49 heavy (non-hydrogen) atoms. The molecule has 0 N–H and O–H groups in total. The lowest BCUT2D eigenvalue weighted by molar-refractivity contribution is -0.000617. The van der Waals surface area contributed by atoms with Crippen molar-refractivity contribution in [2.24, 2.45) is 12.5 Å². The van der Waals surface area contributed by atoms with Crippen LogP contribution in [0.15, 0.2) is 91.0 Å². The molecule has 3 heterocycles. The van der Waals surface area contributed by atoms with Gasteiger partial charge in [-0.05, 0) is 49.4 Å². The SMILES string of the molecule is Cn1nc(-c2ccc(OCc3ccccc3)nc2OCc2ccccc2)c2cccc(N3CCN(C(=O)OC(C)(C)C)C(C(C)(C)C)C3)c21. The van der Waals surface area contributed by atoms with Crippen LogP contribution >= 0.6 is 0 Å². The molecule has 0 aliphatic carbocycles. The quantitative estimate of drug-likeness (QED) is 0.166. The van der Waals surface area contributed by atoms with E-state index in [-0.39, 0.29) is 17.6 Å². The zero-order valence-corrected chi connectivity index (χ0v) is 29.6. The summed E-state index contributed by atoms with van der Waals surface area (Å²) in [6.45, 7) is 14.9. The normalized spacial score (nSPS) is 15.4. The Morgan fingerprint density at radius 1 is 0.796 bits per heavy atom. The first-order chi connectivity index (χ1) is 23.4. The van der Waals surface area contributed by atoms with E-state index in [0.717, 1.165) is 39.0 Å². The number of hydrogen-bond donors (Lipinski definition) is 0. The number of ether oxygens (including phenoxy) is 3. The molecule has 1 aliphatic heterocycles. The summed E-state index contributed by atoms with van der Waals surface area (Å²) < 4.78 is 20.2. The molecule has 1 unspecified atom stereocenters. The van der Waals surface area contributed by atoms with E-state index in [1.54, 1.807) is 0 Å². The third kappa shape index (κ3) is 7.82. The molecule has 0 saturated carbocycles. The van der Waals surface area contributed by atoms with Gasteiger partial charge in [0.15, 0.2) is 0 Å². The number of nitrogens with zero attached hydrogens (tertiary/aromatic N) is 5. The fourth-order valence-corrected chi connectivity index (χ4v) is 6.30. The number of benzene rings is 3. The molecule has 5 aromatic rings. The van der Waals surface area contributed by atoms with Gasteiger partial charge in [0.25, 0.3) is 0 Å². The molecule has 1 aliphatic rings. The summed E-state index contributed by atoms with van der Waals surface area (Å²) in [5.74, 6) is 0.936. The standard InChI is InChI=1S/C40H47N5O4/c1-39(2,3)33-25-44(23-24-45(33)38(46)49-40(4,5)6)32-20-14-19-30-35(42-43(7)36(30)32)31-21-22-34(47-26-28-15-10-8-11-16-28)41-37(31)48-27-29-17-12-9-13-18-29/h8-22,33H,23-27H2,1-7H3. The van der Waals surface area contributed by atoms with Crippen molar-refractivity contribution < 1.29 is 19.0 Å². The molecule has 3 aromatic carbocycles. The van der Waals surface area contributed by atoms with Crippen LogP contribution in [0, 0.1) is 5.41 Å². The summed E-state index contributed by atoms with van der Waals surface area (Å²) in [6.07, 6.45) is -0.264. The molecular weight excluding hydrogens is 614 g/mol. The van der Waals surface area contributed by atoms with E-state index in [0.29, 0.717) is 44.6 Å². The van der Waals surface area contributed by atoms with Crippen LogP contribution in [0.25, 0.3) is 22.2 Å². The monoisotopic (exact) mass is 661 g/mol. The predicted octanol–water partition coefficient (Wildman–Crippen LogP) is 8.27. The molecule has 0 radical (unpaired) electrons. The molecule has 0 bridgehead atoms. The Bertz CT molecular complexity index is 1890. The highest BCUT2D eigenvalue weighted by Gasteiger charge is 2.40. The van der Waals surface area contributed by atoms with Gasteiger partial charge >= 0.3 is 6.09 Å². The molecule has 1 fully saturated rings. The van der Waals surface area contributed by atoms with Crippen LogP contribution in [0.3, 0.4) is 0 Å². The van der Waals surface area contributed by atoms with Gasteiger partial charge in [0, 0.05) is 38.1 Å². The number of para-hydroxylation sites is 1. The van der Waals surface area contributed by atoms with Crippen molar-refractivity contribution in [2.45, 2.75) is 66.4 Å². The highest BCUT2D eigenvalue weighted by atomic mass is 16.6. The van der Waals surface area contributed by atoms with Crippen molar-refractivity contribution >= 4 is 22.7 Å². The van der Waals surface area contributed by atoms with E-state index in [4.69, 9.17) is 24.3 Å². The number of rotatable bonds is 8. The first-order valence-electron chi connectivity index (χ1n) is 16.9. The van der Waals surface area contributed by atoms with Gasteiger partial charge in [0.05, 0.1) is 22.8 Å². The van der Waals surface area contributed by atoms with Crippen molar-refractivity contribution in [3.8, 4) is 23.0 Å². The maximum absolute atomic E-state index is 13.3. The van der Waals surface area contributed by atoms with Crippen molar-refractivity contribution in [2.75, 3.05) is 24.5 Å². The van der Waals surface area contributed by atoms with Gasteiger partial charge in [0.2, 0.25) is 11.8 Å². The molecule has 1 saturated heterocycles. The summed E-state index contributed by atoms with van der Waals surface area (Å²) in [6, 6.07) is 30.2. The summed E-state index contributed by atoms with van der Waals surface area (Å²) in [4.78, 5) is 22.4. The average molecular weight is 662 g/mol. The lowest BCUT2D eigenvalue weighted by atomic mass is 9.84. The average Bonchev–Trinajstić information content (AvgIpc) is 3.42. The highest BCUT2D eigenvalue weighted by molar-refractivity contribution is 6.01. The van der Waals surface area contributed by atoms with Gasteiger partial charge in [-0.3, -0.25) is 4.68 Å². The third-order valence-electron chi connectivity index (χ3n) is 8.73. The van der Waals surface area contributed by atoms with Crippen LogP contribution < -0.4 is 14.4 Å². The minimum atomic E-state index is -0.557. The first kappa shape index (κ1) is 33.8. The van der Waals surface area contributed by atoms with Gasteiger partial charge < -0.3 is 24.0 Å². The van der Waals surface area contributed by atoms with Gasteiger partial charge in [-0.2, -0.15) is 10.1 Å². The lowest BCUT2D eigenvalue weighted by Crippen LogP contribution is -2.60. The molecule has 9 heteroatoms. The van der Waals surface area contributed by atoms with Crippen LogP contribution in [0.5, 0.6) is 11.8 Å². The minimum Gasteiger partial charge on any atom is -0.473 e. The number of hydrogen-bond acceptors (Lipinski definition) is 7. The fourth-order valence-electron chi connectivity index (χ4n) is 6.30. The number of fused-ring (bicyclic) bond motifs is 1. The van der Waals surface area contributed by atoms with Gasteiger partial charge in [-0.1, -0.05) is 93.6 Å². The van der Waals surface area contributed by atoms with E-state index in [9.17, 15) is 4.79 Å². The van der Waals surface area contributed by atoms with Crippen LogP contribution in [0.2, 0.25) is 0 Å². The van der Waals surface area contributed by atoms with Gasteiger partial charge in [-0.15, -0.1) is 0 Å². The predicted molar refractivity (Wildman–Crippen MR) is 194 cm³/mol. The Balaban J connectivity index is 1.34. The topological polar surface area (TPSA) is 82.0 Å². The summed E-state index contributed by atoms with van der Waals surface area (Å²) in [7, 11) is 1.97. The van der Waals surface area contributed by atoms with Crippen LogP contribution in [-0.2, 0) is 25.0 Å². The third-order valence-corrected chi connectivity index (χ3v) is 8.73. The maximum Gasteiger partial charge on any atom is 0.410 e. The molecule has 1 atom stereocenters. The number of pyridine rings is 1. The van der Waals surface area contributed by atoms with E-state index in [1.807, 2.05) is 110 Å². The second-order valence-corrected chi connectivity index (χ2v) is 14.7. The van der Waals surface area contributed by atoms with E-state index in [1.165, 1.54) is 0 Å². The van der Waals surface area contributed by atoms with Crippen molar-refractivity contribution in [1.29, 1.82) is 0 Å². The summed E-state index contributed by atoms with van der Waals surface area (Å²) >= 11 is 0. The Kier molecular flexibility index (Phi) is 9.54. The number of carbonyl (C=O) groups is 1. The molecule has 1 amide bonds.